The zero-order valence-corrected chi connectivity index (χ0v) is 10.9. The van der Waals surface area contributed by atoms with Crippen LogP contribution in [-0.4, -0.2) is 42.5 Å². The smallest absolute Gasteiger partial charge is 0.228 e. The van der Waals surface area contributed by atoms with Gasteiger partial charge in [-0.1, -0.05) is 6.07 Å². The predicted molar refractivity (Wildman–Crippen MR) is 71.2 cm³/mol. The van der Waals surface area contributed by atoms with E-state index in [0.29, 0.717) is 12.3 Å². The van der Waals surface area contributed by atoms with Crippen molar-refractivity contribution in [2.75, 3.05) is 26.7 Å². The van der Waals surface area contributed by atoms with E-state index >= 15 is 0 Å². The van der Waals surface area contributed by atoms with Gasteiger partial charge in [-0.3, -0.25) is 9.78 Å². The summed E-state index contributed by atoms with van der Waals surface area (Å²) >= 11 is 0. The Bertz CT molecular complexity index is 374. The quantitative estimate of drug-likeness (QED) is 0.866. The molecular formula is C14H21N3O. The lowest BCUT2D eigenvalue weighted by Gasteiger charge is -2.27. The summed E-state index contributed by atoms with van der Waals surface area (Å²) in [5, 5.41) is 3.38. The molecule has 1 aromatic heterocycles. The van der Waals surface area contributed by atoms with Gasteiger partial charge < -0.3 is 10.2 Å². The molecule has 0 bridgehead atoms. The molecule has 1 atom stereocenters. The number of piperidine rings is 1. The Morgan fingerprint density at radius 2 is 2.44 bits per heavy atom. The zero-order chi connectivity index (χ0) is 12.8. The van der Waals surface area contributed by atoms with E-state index in [-0.39, 0.29) is 5.91 Å². The first kappa shape index (κ1) is 13.0. The molecular weight excluding hydrogens is 226 g/mol. The lowest BCUT2D eigenvalue weighted by molar-refractivity contribution is -0.129. The lowest BCUT2D eigenvalue weighted by atomic mass is 9.99. The van der Waals surface area contributed by atoms with Crippen molar-refractivity contribution in [1.82, 2.24) is 15.2 Å². The maximum absolute atomic E-state index is 12.1. The molecule has 1 aliphatic heterocycles. The Balaban J connectivity index is 1.81. The SMILES string of the molecule is CN(CC1CCCNC1)C(=O)Cc1ccccn1. The monoisotopic (exact) mass is 247 g/mol. The van der Waals surface area contributed by atoms with Crippen LogP contribution in [0.2, 0.25) is 0 Å². The van der Waals surface area contributed by atoms with E-state index in [9.17, 15) is 4.79 Å². The summed E-state index contributed by atoms with van der Waals surface area (Å²) in [6, 6.07) is 5.68. The van der Waals surface area contributed by atoms with E-state index in [0.717, 1.165) is 25.3 Å². The molecule has 2 heterocycles. The van der Waals surface area contributed by atoms with Gasteiger partial charge in [-0.25, -0.2) is 0 Å². The molecule has 1 unspecified atom stereocenters. The Labute approximate surface area is 108 Å². The zero-order valence-electron chi connectivity index (χ0n) is 10.9. The van der Waals surface area contributed by atoms with Gasteiger partial charge >= 0.3 is 0 Å². The second kappa shape index (κ2) is 6.50. The summed E-state index contributed by atoms with van der Waals surface area (Å²) in [5.74, 6) is 0.746. The number of aromatic nitrogens is 1. The van der Waals surface area contributed by atoms with Crippen molar-refractivity contribution < 1.29 is 4.79 Å². The van der Waals surface area contributed by atoms with Crippen molar-refractivity contribution in [3.05, 3.63) is 30.1 Å². The van der Waals surface area contributed by atoms with Gasteiger partial charge in [-0.15, -0.1) is 0 Å². The average Bonchev–Trinajstić information content (AvgIpc) is 2.41. The van der Waals surface area contributed by atoms with Crippen molar-refractivity contribution >= 4 is 5.91 Å². The second-order valence-electron chi connectivity index (χ2n) is 4.98. The summed E-state index contributed by atoms with van der Waals surface area (Å²) < 4.78 is 0. The number of carbonyl (C=O) groups excluding carboxylic acids is 1. The van der Waals surface area contributed by atoms with Crippen LogP contribution in [0.1, 0.15) is 18.5 Å². The van der Waals surface area contributed by atoms with Gasteiger partial charge in [-0.05, 0) is 44.0 Å². The third-order valence-corrected chi connectivity index (χ3v) is 3.42. The topological polar surface area (TPSA) is 45.2 Å². The molecule has 1 amide bonds. The fraction of sp³-hybridized carbons (Fsp3) is 0.571. The summed E-state index contributed by atoms with van der Waals surface area (Å²) in [6.07, 6.45) is 4.56. The van der Waals surface area contributed by atoms with Crippen LogP contribution in [0.3, 0.4) is 0 Å². The molecule has 4 heteroatoms. The van der Waals surface area contributed by atoms with Gasteiger partial charge in [0.05, 0.1) is 6.42 Å². The first-order valence-corrected chi connectivity index (χ1v) is 6.60. The van der Waals surface area contributed by atoms with Gasteiger partial charge in [-0.2, -0.15) is 0 Å². The van der Waals surface area contributed by atoms with E-state index in [1.807, 2.05) is 30.1 Å². The molecule has 0 radical (unpaired) electrons. The van der Waals surface area contributed by atoms with Gasteiger partial charge in [0.15, 0.2) is 0 Å². The Morgan fingerprint density at radius 1 is 1.56 bits per heavy atom. The molecule has 18 heavy (non-hydrogen) atoms. The Morgan fingerprint density at radius 3 is 3.11 bits per heavy atom. The fourth-order valence-electron chi connectivity index (χ4n) is 2.36. The second-order valence-corrected chi connectivity index (χ2v) is 4.98. The minimum Gasteiger partial charge on any atom is -0.345 e. The number of nitrogens with one attached hydrogen (secondary N) is 1. The van der Waals surface area contributed by atoms with Crippen LogP contribution < -0.4 is 5.32 Å². The van der Waals surface area contributed by atoms with E-state index in [2.05, 4.69) is 10.3 Å². The molecule has 4 nitrogen and oxygen atoms in total. The van der Waals surface area contributed by atoms with E-state index < -0.39 is 0 Å². The van der Waals surface area contributed by atoms with Gasteiger partial charge in [0.1, 0.15) is 0 Å². The number of nitrogens with zero attached hydrogens (tertiary/aromatic N) is 2. The maximum atomic E-state index is 12.1. The summed E-state index contributed by atoms with van der Waals surface area (Å²) in [7, 11) is 1.89. The number of rotatable bonds is 4. The number of likely N-dealkylation sites (N-methyl/N-ethyl adjacent to an activating group) is 1. The first-order chi connectivity index (χ1) is 8.75. The van der Waals surface area contributed by atoms with Gasteiger partial charge in [0.2, 0.25) is 5.91 Å². The molecule has 1 fully saturated rings. The Hall–Kier alpha value is -1.42. The number of hydrogen-bond donors (Lipinski definition) is 1. The molecule has 98 valence electrons. The normalized spacial score (nSPS) is 19.5. The number of amides is 1. The number of carbonyl (C=O) groups is 1. The Kier molecular flexibility index (Phi) is 4.70. The number of hydrogen-bond acceptors (Lipinski definition) is 3. The highest BCUT2D eigenvalue weighted by Crippen LogP contribution is 2.11. The van der Waals surface area contributed by atoms with Crippen LogP contribution in [-0.2, 0) is 11.2 Å². The fourth-order valence-corrected chi connectivity index (χ4v) is 2.36. The summed E-state index contributed by atoms with van der Waals surface area (Å²) in [5.41, 5.74) is 0.844. The number of pyridine rings is 1. The molecule has 1 aliphatic rings. The maximum Gasteiger partial charge on any atom is 0.228 e. The van der Waals surface area contributed by atoms with E-state index in [4.69, 9.17) is 0 Å². The van der Waals surface area contributed by atoms with Gasteiger partial charge in [0, 0.05) is 25.5 Å². The molecule has 1 N–H and O–H groups in total. The van der Waals surface area contributed by atoms with Crippen LogP contribution in [0.5, 0.6) is 0 Å². The molecule has 0 saturated carbocycles. The van der Waals surface area contributed by atoms with Crippen LogP contribution in [0.15, 0.2) is 24.4 Å². The third-order valence-electron chi connectivity index (χ3n) is 3.42. The van der Waals surface area contributed by atoms with E-state index in [1.165, 1.54) is 12.8 Å². The van der Waals surface area contributed by atoms with Crippen molar-refractivity contribution in [3.8, 4) is 0 Å². The molecule has 0 aromatic carbocycles. The van der Waals surface area contributed by atoms with Crippen molar-refractivity contribution in [2.24, 2.45) is 5.92 Å². The van der Waals surface area contributed by atoms with E-state index in [1.54, 1.807) is 6.20 Å². The molecule has 1 aromatic rings. The molecule has 0 spiro atoms. The minimum atomic E-state index is 0.152. The lowest BCUT2D eigenvalue weighted by Crippen LogP contribution is -2.39. The molecule has 2 rings (SSSR count). The van der Waals surface area contributed by atoms with Crippen LogP contribution in [0.25, 0.3) is 0 Å². The van der Waals surface area contributed by atoms with Crippen molar-refractivity contribution in [2.45, 2.75) is 19.3 Å². The largest absolute Gasteiger partial charge is 0.345 e. The van der Waals surface area contributed by atoms with Crippen LogP contribution in [0.4, 0.5) is 0 Å². The summed E-state index contributed by atoms with van der Waals surface area (Å²) in [6.45, 7) is 2.99. The highest BCUT2D eigenvalue weighted by atomic mass is 16.2. The first-order valence-electron chi connectivity index (χ1n) is 6.60. The highest BCUT2D eigenvalue weighted by molar-refractivity contribution is 5.78. The van der Waals surface area contributed by atoms with Crippen LogP contribution in [0, 0.1) is 5.92 Å². The molecule has 1 saturated heterocycles. The predicted octanol–water partition coefficient (Wildman–Crippen LogP) is 1.08. The standard InChI is InChI=1S/C14H21N3O/c1-17(11-12-5-4-7-15-10-12)14(18)9-13-6-2-3-8-16-13/h2-3,6,8,12,15H,4-5,7,9-11H2,1H3. The van der Waals surface area contributed by atoms with Gasteiger partial charge in [0.25, 0.3) is 0 Å². The van der Waals surface area contributed by atoms with Crippen molar-refractivity contribution in [1.29, 1.82) is 0 Å². The van der Waals surface area contributed by atoms with Crippen LogP contribution >= 0.6 is 0 Å². The molecule has 0 aliphatic carbocycles. The summed E-state index contributed by atoms with van der Waals surface area (Å²) in [4.78, 5) is 18.1. The highest BCUT2D eigenvalue weighted by Gasteiger charge is 2.18. The third kappa shape index (κ3) is 3.81. The van der Waals surface area contributed by atoms with Crippen molar-refractivity contribution in [3.63, 3.8) is 0 Å². The minimum absolute atomic E-state index is 0.152. The average molecular weight is 247 g/mol.